The molecule has 0 unspecified atom stereocenters. The van der Waals surface area contributed by atoms with Crippen LogP contribution in [0.25, 0.3) is 0 Å². The number of hydrazone groups is 1. The molecule has 0 radical (unpaired) electrons. The van der Waals surface area contributed by atoms with Crippen molar-refractivity contribution in [2.45, 2.75) is 0 Å². The van der Waals surface area contributed by atoms with Gasteiger partial charge in [0.15, 0.2) is 0 Å². The van der Waals surface area contributed by atoms with Crippen LogP contribution in [0.2, 0.25) is 5.02 Å². The first-order valence-corrected chi connectivity index (χ1v) is 5.54. The highest BCUT2D eigenvalue weighted by atomic mass is 35.5. The average molecular weight is 238 g/mol. The van der Waals surface area contributed by atoms with Crippen LogP contribution < -0.4 is 5.43 Å². The molecular weight excluding hydrogens is 230 g/mol. The smallest absolute Gasteiger partial charge is 0.203 e. The first-order chi connectivity index (χ1) is 7.34. The first-order valence-electron chi connectivity index (χ1n) is 4.29. The fourth-order valence-electron chi connectivity index (χ4n) is 1.03. The molecule has 2 aromatic rings. The molecular formula is C10H8ClN3S. The molecule has 0 spiro atoms. The number of hydrogen-bond acceptors (Lipinski definition) is 4. The molecule has 0 aliphatic carbocycles. The van der Waals surface area contributed by atoms with Crippen molar-refractivity contribution in [1.29, 1.82) is 0 Å². The summed E-state index contributed by atoms with van der Waals surface area (Å²) < 4.78 is 0. The van der Waals surface area contributed by atoms with Crippen LogP contribution in [-0.2, 0) is 0 Å². The maximum atomic E-state index is 5.83. The number of rotatable bonds is 3. The Hall–Kier alpha value is -1.39. The number of halogens is 1. The highest BCUT2D eigenvalue weighted by molar-refractivity contribution is 7.13. The van der Waals surface area contributed by atoms with Gasteiger partial charge in [0, 0.05) is 16.6 Å². The topological polar surface area (TPSA) is 37.3 Å². The first kappa shape index (κ1) is 10.1. The fourth-order valence-corrected chi connectivity index (χ4v) is 1.70. The van der Waals surface area contributed by atoms with Crippen molar-refractivity contribution < 1.29 is 0 Å². The molecule has 2 rings (SSSR count). The van der Waals surface area contributed by atoms with Gasteiger partial charge in [-0.15, -0.1) is 11.3 Å². The Morgan fingerprint density at radius 3 is 3.13 bits per heavy atom. The Labute approximate surface area is 96.4 Å². The molecule has 0 bridgehead atoms. The maximum absolute atomic E-state index is 5.83. The summed E-state index contributed by atoms with van der Waals surface area (Å²) in [5, 5.41) is 7.40. The van der Waals surface area contributed by atoms with E-state index in [9.17, 15) is 0 Å². The lowest BCUT2D eigenvalue weighted by molar-refractivity contribution is 1.29. The molecule has 1 heterocycles. The average Bonchev–Trinajstić information content (AvgIpc) is 2.71. The molecule has 1 aromatic heterocycles. The summed E-state index contributed by atoms with van der Waals surface area (Å²) in [5.41, 5.74) is 3.78. The van der Waals surface area contributed by atoms with Gasteiger partial charge in [-0.05, 0) is 17.7 Å². The largest absolute Gasteiger partial charge is 0.253 e. The zero-order chi connectivity index (χ0) is 10.5. The van der Waals surface area contributed by atoms with E-state index in [-0.39, 0.29) is 0 Å². The molecule has 5 heteroatoms. The van der Waals surface area contributed by atoms with Gasteiger partial charge in [-0.1, -0.05) is 23.7 Å². The quantitative estimate of drug-likeness (QED) is 0.657. The lowest BCUT2D eigenvalue weighted by Crippen LogP contribution is -1.89. The summed E-state index contributed by atoms with van der Waals surface area (Å²) in [7, 11) is 0. The Kier molecular flexibility index (Phi) is 3.32. The van der Waals surface area contributed by atoms with E-state index in [0.717, 1.165) is 10.7 Å². The van der Waals surface area contributed by atoms with Crippen molar-refractivity contribution >= 4 is 34.3 Å². The van der Waals surface area contributed by atoms with Crippen LogP contribution in [0, 0.1) is 0 Å². The zero-order valence-electron chi connectivity index (χ0n) is 7.72. The number of thiazole rings is 1. The van der Waals surface area contributed by atoms with Crippen molar-refractivity contribution in [2.24, 2.45) is 5.10 Å². The maximum Gasteiger partial charge on any atom is 0.203 e. The van der Waals surface area contributed by atoms with E-state index in [0.29, 0.717) is 5.02 Å². The van der Waals surface area contributed by atoms with Gasteiger partial charge in [0.25, 0.3) is 0 Å². The van der Waals surface area contributed by atoms with Gasteiger partial charge in [-0.25, -0.2) is 4.98 Å². The van der Waals surface area contributed by atoms with Crippen molar-refractivity contribution in [1.82, 2.24) is 4.98 Å². The number of hydrogen-bond donors (Lipinski definition) is 1. The molecule has 0 saturated carbocycles. The summed E-state index contributed by atoms with van der Waals surface area (Å²) in [5.74, 6) is 0. The van der Waals surface area contributed by atoms with E-state index in [1.54, 1.807) is 12.4 Å². The molecule has 0 aliphatic heterocycles. The number of aromatic nitrogens is 1. The molecule has 0 saturated heterocycles. The molecule has 3 nitrogen and oxygen atoms in total. The van der Waals surface area contributed by atoms with Crippen molar-refractivity contribution in [2.75, 3.05) is 5.43 Å². The van der Waals surface area contributed by atoms with Crippen molar-refractivity contribution in [3.63, 3.8) is 0 Å². The molecule has 1 N–H and O–H groups in total. The van der Waals surface area contributed by atoms with Crippen LogP contribution >= 0.6 is 22.9 Å². The van der Waals surface area contributed by atoms with E-state index in [1.165, 1.54) is 11.3 Å². The summed E-state index contributed by atoms with van der Waals surface area (Å²) >= 11 is 7.33. The van der Waals surface area contributed by atoms with Gasteiger partial charge >= 0.3 is 0 Å². The van der Waals surface area contributed by atoms with E-state index < -0.39 is 0 Å². The van der Waals surface area contributed by atoms with Crippen LogP contribution in [0.15, 0.2) is 40.9 Å². The normalized spacial score (nSPS) is 10.7. The molecule has 76 valence electrons. The molecule has 0 aliphatic rings. The Morgan fingerprint density at radius 1 is 1.47 bits per heavy atom. The van der Waals surface area contributed by atoms with Gasteiger partial charge in [0.05, 0.1) is 6.21 Å². The molecule has 1 aromatic carbocycles. The highest BCUT2D eigenvalue weighted by Crippen LogP contribution is 2.11. The summed E-state index contributed by atoms with van der Waals surface area (Å²) in [4.78, 5) is 4.03. The standard InChI is InChI=1S/C10H8ClN3S/c11-9-3-1-2-8(6-9)7-13-14-10-12-4-5-15-10/h1-7H,(H,12,14)/b13-7+. The van der Waals surface area contributed by atoms with E-state index in [1.807, 2.05) is 29.6 Å². The van der Waals surface area contributed by atoms with Gasteiger partial charge in [0.2, 0.25) is 5.13 Å². The summed E-state index contributed by atoms with van der Waals surface area (Å²) in [6.45, 7) is 0. The van der Waals surface area contributed by atoms with E-state index in [2.05, 4.69) is 15.5 Å². The highest BCUT2D eigenvalue weighted by Gasteiger charge is 1.91. The number of anilines is 1. The molecule has 15 heavy (non-hydrogen) atoms. The summed E-state index contributed by atoms with van der Waals surface area (Å²) in [6.07, 6.45) is 3.43. The SMILES string of the molecule is Clc1cccc(/C=N/Nc2nccs2)c1. The van der Waals surface area contributed by atoms with Gasteiger partial charge < -0.3 is 0 Å². The Morgan fingerprint density at radius 2 is 2.40 bits per heavy atom. The monoisotopic (exact) mass is 237 g/mol. The minimum absolute atomic E-state index is 0.702. The van der Waals surface area contributed by atoms with E-state index in [4.69, 9.17) is 11.6 Å². The van der Waals surface area contributed by atoms with Crippen LogP contribution in [0.1, 0.15) is 5.56 Å². The Bertz CT molecular complexity index is 453. The van der Waals surface area contributed by atoms with Crippen LogP contribution in [0.4, 0.5) is 5.13 Å². The molecule has 0 fully saturated rings. The van der Waals surface area contributed by atoms with Crippen molar-refractivity contribution in [3.05, 3.63) is 46.4 Å². The zero-order valence-corrected chi connectivity index (χ0v) is 9.29. The second-order valence-electron chi connectivity index (χ2n) is 2.76. The third-order valence-electron chi connectivity index (χ3n) is 1.65. The third-order valence-corrected chi connectivity index (χ3v) is 2.57. The van der Waals surface area contributed by atoms with Crippen LogP contribution in [0.3, 0.4) is 0 Å². The fraction of sp³-hybridized carbons (Fsp3) is 0. The predicted octanol–water partition coefficient (Wildman–Crippen LogP) is 3.24. The molecule has 0 atom stereocenters. The number of benzene rings is 1. The van der Waals surface area contributed by atoms with Gasteiger partial charge in [0.1, 0.15) is 0 Å². The predicted molar refractivity (Wildman–Crippen MR) is 64.8 cm³/mol. The minimum atomic E-state index is 0.702. The number of nitrogens with zero attached hydrogens (tertiary/aromatic N) is 2. The van der Waals surface area contributed by atoms with Gasteiger partial charge in [-0.2, -0.15) is 5.10 Å². The van der Waals surface area contributed by atoms with Crippen LogP contribution in [-0.4, -0.2) is 11.2 Å². The number of nitrogens with one attached hydrogen (secondary N) is 1. The lowest BCUT2D eigenvalue weighted by Gasteiger charge is -1.94. The lowest BCUT2D eigenvalue weighted by atomic mass is 10.2. The molecule has 0 amide bonds. The third kappa shape index (κ3) is 3.04. The Balaban J connectivity index is 2.00. The van der Waals surface area contributed by atoms with Gasteiger partial charge in [-0.3, -0.25) is 5.43 Å². The minimum Gasteiger partial charge on any atom is -0.253 e. The second-order valence-corrected chi connectivity index (χ2v) is 4.09. The van der Waals surface area contributed by atoms with Crippen LogP contribution in [0.5, 0.6) is 0 Å². The van der Waals surface area contributed by atoms with Crippen molar-refractivity contribution in [3.8, 4) is 0 Å². The van der Waals surface area contributed by atoms with E-state index >= 15 is 0 Å². The summed E-state index contributed by atoms with van der Waals surface area (Å²) in [6, 6.07) is 7.48. The second kappa shape index (κ2) is 4.91.